The second-order valence-electron chi connectivity index (χ2n) is 5.50. The number of amides is 2. The van der Waals surface area contributed by atoms with Crippen LogP contribution in [0.25, 0.3) is 0 Å². The number of rotatable bonds is 7. The molecule has 0 heterocycles. The van der Waals surface area contributed by atoms with Gasteiger partial charge in [-0.25, -0.2) is 4.79 Å². The highest BCUT2D eigenvalue weighted by Gasteiger charge is 2.06. The minimum Gasteiger partial charge on any atom is -0.495 e. The van der Waals surface area contributed by atoms with Gasteiger partial charge in [-0.2, -0.15) is 0 Å². The summed E-state index contributed by atoms with van der Waals surface area (Å²) >= 11 is 0. The summed E-state index contributed by atoms with van der Waals surface area (Å²) in [7, 11) is 1.57. The van der Waals surface area contributed by atoms with Crippen molar-refractivity contribution in [3.05, 3.63) is 53.6 Å². The number of nitrogens with one attached hydrogen (secondary N) is 2. The Morgan fingerprint density at radius 1 is 1.04 bits per heavy atom. The second kappa shape index (κ2) is 8.82. The summed E-state index contributed by atoms with van der Waals surface area (Å²) in [5.41, 5.74) is 2.89. The Morgan fingerprint density at radius 3 is 2.46 bits per heavy atom. The molecule has 0 bridgehead atoms. The maximum Gasteiger partial charge on any atom is 0.319 e. The Labute approximate surface area is 143 Å². The van der Waals surface area contributed by atoms with E-state index in [1.165, 1.54) is 0 Å². The Morgan fingerprint density at radius 2 is 1.75 bits per heavy atom. The monoisotopic (exact) mass is 328 g/mol. The number of aryl methyl sites for hydroxylation is 2. The third-order valence-corrected chi connectivity index (χ3v) is 3.62. The first-order valence-electron chi connectivity index (χ1n) is 7.98. The van der Waals surface area contributed by atoms with E-state index in [4.69, 9.17) is 9.47 Å². The molecule has 2 N–H and O–H groups in total. The smallest absolute Gasteiger partial charge is 0.319 e. The highest BCUT2D eigenvalue weighted by atomic mass is 16.5. The molecule has 24 heavy (non-hydrogen) atoms. The number of urea groups is 1. The molecule has 2 aromatic rings. The molecule has 128 valence electrons. The van der Waals surface area contributed by atoms with Crippen molar-refractivity contribution in [3.63, 3.8) is 0 Å². The van der Waals surface area contributed by atoms with Gasteiger partial charge in [-0.1, -0.05) is 30.3 Å². The highest BCUT2D eigenvalue weighted by molar-refractivity contribution is 5.90. The van der Waals surface area contributed by atoms with Gasteiger partial charge in [-0.15, -0.1) is 0 Å². The fourth-order valence-corrected chi connectivity index (χ4v) is 2.39. The summed E-state index contributed by atoms with van der Waals surface area (Å²) in [6.45, 7) is 5.15. The molecule has 0 unspecified atom stereocenters. The van der Waals surface area contributed by atoms with Crippen molar-refractivity contribution in [2.75, 3.05) is 25.6 Å². The first-order chi connectivity index (χ1) is 11.6. The van der Waals surface area contributed by atoms with Gasteiger partial charge in [-0.05, 0) is 43.5 Å². The van der Waals surface area contributed by atoms with Gasteiger partial charge in [0.2, 0.25) is 0 Å². The van der Waals surface area contributed by atoms with E-state index in [1.54, 1.807) is 19.2 Å². The van der Waals surface area contributed by atoms with E-state index in [1.807, 2.05) is 44.2 Å². The molecule has 0 saturated heterocycles. The van der Waals surface area contributed by atoms with Gasteiger partial charge in [0, 0.05) is 6.54 Å². The number of benzene rings is 2. The molecule has 0 spiro atoms. The van der Waals surface area contributed by atoms with Crippen molar-refractivity contribution in [1.29, 1.82) is 0 Å². The summed E-state index contributed by atoms with van der Waals surface area (Å²) in [4.78, 5) is 11.9. The topological polar surface area (TPSA) is 59.6 Å². The highest BCUT2D eigenvalue weighted by Crippen LogP contribution is 2.23. The first-order valence-corrected chi connectivity index (χ1v) is 7.98. The van der Waals surface area contributed by atoms with Gasteiger partial charge in [0.05, 0.1) is 19.4 Å². The zero-order valence-corrected chi connectivity index (χ0v) is 14.4. The van der Waals surface area contributed by atoms with Crippen LogP contribution in [0.1, 0.15) is 17.5 Å². The second-order valence-corrected chi connectivity index (χ2v) is 5.50. The normalized spacial score (nSPS) is 10.1. The summed E-state index contributed by atoms with van der Waals surface area (Å²) < 4.78 is 11.0. The van der Waals surface area contributed by atoms with Crippen LogP contribution < -0.4 is 20.1 Å². The van der Waals surface area contributed by atoms with Crippen LogP contribution in [-0.4, -0.2) is 26.3 Å². The molecule has 0 aliphatic rings. The van der Waals surface area contributed by atoms with E-state index in [2.05, 4.69) is 10.6 Å². The van der Waals surface area contributed by atoms with Gasteiger partial charge < -0.3 is 20.1 Å². The number of carbonyl (C=O) groups is 1. The Balaban J connectivity index is 1.71. The lowest BCUT2D eigenvalue weighted by Crippen LogP contribution is -2.30. The number of hydrogen-bond acceptors (Lipinski definition) is 3. The molecule has 5 heteroatoms. The van der Waals surface area contributed by atoms with Crippen molar-refractivity contribution in [2.45, 2.75) is 20.3 Å². The lowest BCUT2D eigenvalue weighted by molar-refractivity contribution is 0.250. The Kier molecular flexibility index (Phi) is 6.49. The molecule has 0 aromatic heterocycles. The first kappa shape index (κ1) is 17.7. The van der Waals surface area contributed by atoms with Gasteiger partial charge >= 0.3 is 6.03 Å². The minimum atomic E-state index is -0.258. The molecular weight excluding hydrogens is 304 g/mol. The van der Waals surface area contributed by atoms with Crippen molar-refractivity contribution in [3.8, 4) is 11.5 Å². The predicted molar refractivity (Wildman–Crippen MR) is 96.0 cm³/mol. The minimum absolute atomic E-state index is 0.258. The summed E-state index contributed by atoms with van der Waals surface area (Å²) in [6, 6.07) is 13.1. The van der Waals surface area contributed by atoms with Crippen LogP contribution in [0.3, 0.4) is 0 Å². The maximum absolute atomic E-state index is 11.9. The van der Waals surface area contributed by atoms with E-state index in [0.717, 1.165) is 23.3 Å². The van der Waals surface area contributed by atoms with Crippen LogP contribution in [0, 0.1) is 13.8 Å². The number of anilines is 1. The molecule has 0 aliphatic carbocycles. The molecule has 2 aromatic carbocycles. The number of ether oxygens (including phenoxy) is 2. The third kappa shape index (κ3) is 4.91. The molecule has 0 radical (unpaired) electrons. The summed E-state index contributed by atoms with van der Waals surface area (Å²) in [5.74, 6) is 1.56. The van der Waals surface area contributed by atoms with E-state index >= 15 is 0 Å². The van der Waals surface area contributed by atoms with Crippen LogP contribution in [0.2, 0.25) is 0 Å². The maximum atomic E-state index is 11.9. The Bertz CT molecular complexity index is 666. The zero-order chi connectivity index (χ0) is 17.4. The van der Waals surface area contributed by atoms with Crippen LogP contribution in [-0.2, 0) is 0 Å². The van der Waals surface area contributed by atoms with Crippen molar-refractivity contribution >= 4 is 11.7 Å². The van der Waals surface area contributed by atoms with E-state index in [9.17, 15) is 4.79 Å². The standard InChI is InChI=1S/C19H24N2O3/c1-14-8-6-9-15(2)18(14)24-13-7-12-20-19(22)21-16-10-4-5-11-17(16)23-3/h4-6,8-11H,7,12-13H2,1-3H3,(H2,20,21,22). The Hall–Kier alpha value is -2.69. The number of methoxy groups -OCH3 is 1. The molecular formula is C19H24N2O3. The molecule has 5 nitrogen and oxygen atoms in total. The predicted octanol–water partition coefficient (Wildman–Crippen LogP) is 3.90. The van der Waals surface area contributed by atoms with E-state index in [0.29, 0.717) is 24.6 Å². The van der Waals surface area contributed by atoms with Gasteiger partial charge in [0.1, 0.15) is 11.5 Å². The number of para-hydroxylation sites is 3. The van der Waals surface area contributed by atoms with E-state index in [-0.39, 0.29) is 6.03 Å². The third-order valence-electron chi connectivity index (χ3n) is 3.62. The van der Waals surface area contributed by atoms with Gasteiger partial charge in [-0.3, -0.25) is 0 Å². The molecule has 0 saturated carbocycles. The molecule has 0 fully saturated rings. The van der Waals surface area contributed by atoms with Crippen LogP contribution in [0.15, 0.2) is 42.5 Å². The van der Waals surface area contributed by atoms with Gasteiger partial charge in [0.25, 0.3) is 0 Å². The quantitative estimate of drug-likeness (QED) is 0.758. The largest absolute Gasteiger partial charge is 0.495 e. The zero-order valence-electron chi connectivity index (χ0n) is 14.4. The average Bonchev–Trinajstić information content (AvgIpc) is 2.57. The van der Waals surface area contributed by atoms with Crippen molar-refractivity contribution < 1.29 is 14.3 Å². The lowest BCUT2D eigenvalue weighted by atomic mass is 10.1. The number of carbonyl (C=O) groups excluding carboxylic acids is 1. The number of hydrogen-bond donors (Lipinski definition) is 2. The fraction of sp³-hybridized carbons (Fsp3) is 0.316. The lowest BCUT2D eigenvalue weighted by Gasteiger charge is -2.13. The van der Waals surface area contributed by atoms with Crippen molar-refractivity contribution in [2.24, 2.45) is 0 Å². The molecule has 2 amide bonds. The van der Waals surface area contributed by atoms with Crippen molar-refractivity contribution in [1.82, 2.24) is 5.32 Å². The van der Waals surface area contributed by atoms with Crippen LogP contribution in [0.4, 0.5) is 10.5 Å². The van der Waals surface area contributed by atoms with E-state index < -0.39 is 0 Å². The molecule has 2 rings (SSSR count). The average molecular weight is 328 g/mol. The van der Waals surface area contributed by atoms with Crippen LogP contribution in [0.5, 0.6) is 11.5 Å². The molecule has 0 atom stereocenters. The summed E-state index contributed by atoms with van der Waals surface area (Å²) in [6.07, 6.45) is 0.729. The molecule has 0 aliphatic heterocycles. The van der Waals surface area contributed by atoms with Crippen LogP contribution >= 0.6 is 0 Å². The fourth-order valence-electron chi connectivity index (χ4n) is 2.39. The SMILES string of the molecule is COc1ccccc1NC(=O)NCCCOc1c(C)cccc1C. The van der Waals surface area contributed by atoms with Gasteiger partial charge in [0.15, 0.2) is 0 Å². The summed E-state index contributed by atoms with van der Waals surface area (Å²) in [5, 5.41) is 5.58.